The van der Waals surface area contributed by atoms with Crippen LogP contribution in [0.3, 0.4) is 0 Å². The number of fused-ring (bicyclic) bond motifs is 2. The van der Waals surface area contributed by atoms with E-state index in [1.54, 1.807) is 6.07 Å². The van der Waals surface area contributed by atoms with Gasteiger partial charge in [-0.15, -0.1) is 0 Å². The first-order chi connectivity index (χ1) is 8.54. The van der Waals surface area contributed by atoms with E-state index >= 15 is 0 Å². The average Bonchev–Trinajstić information content (AvgIpc) is 2.34. The minimum atomic E-state index is -4.40. The molecular weight excluding hydrogens is 304 g/mol. The molecule has 3 aromatic carbocycles. The summed E-state index contributed by atoms with van der Waals surface area (Å²) >= 11 is 0. The predicted molar refractivity (Wildman–Crippen MR) is 69.4 cm³/mol. The van der Waals surface area contributed by atoms with Crippen molar-refractivity contribution in [3.05, 3.63) is 54.6 Å². The Labute approximate surface area is 121 Å². The van der Waals surface area contributed by atoms with Crippen molar-refractivity contribution < 1.29 is 30.0 Å². The van der Waals surface area contributed by atoms with Crippen molar-refractivity contribution in [2.24, 2.45) is 0 Å². The first kappa shape index (κ1) is 14.0. The molecule has 5 heteroatoms. The third kappa shape index (κ3) is 2.65. The van der Waals surface area contributed by atoms with Gasteiger partial charge >= 0.3 is 17.1 Å². The molecule has 0 N–H and O–H groups in total. The zero-order chi connectivity index (χ0) is 12.8. The molecule has 0 saturated heterocycles. The summed E-state index contributed by atoms with van der Waals surface area (Å²) in [5.41, 5.74) is 0. The van der Waals surface area contributed by atoms with Crippen molar-refractivity contribution >= 4 is 31.7 Å². The van der Waals surface area contributed by atoms with Gasteiger partial charge < -0.3 is 4.55 Å². The van der Waals surface area contributed by atoms with E-state index in [2.05, 4.69) is 0 Å². The van der Waals surface area contributed by atoms with Gasteiger partial charge in [-0.25, -0.2) is 8.42 Å². The molecule has 0 bridgehead atoms. The molecule has 0 aromatic heterocycles. The zero-order valence-electron chi connectivity index (χ0n) is 9.68. The Bertz CT molecular complexity index is 857. The van der Waals surface area contributed by atoms with Crippen LogP contribution in [0.4, 0.5) is 0 Å². The molecule has 0 atom stereocenters. The number of hydrogen-bond donors (Lipinski definition) is 0. The minimum Gasteiger partial charge on any atom is -0.744 e. The number of benzene rings is 3. The second kappa shape index (κ2) is 4.94. The maximum absolute atomic E-state index is 11.0. The number of hydrogen-bond acceptors (Lipinski definition) is 3. The smallest absolute Gasteiger partial charge is 0.744 e. The Hall–Kier alpha value is -1.39. The maximum atomic E-state index is 11.0. The van der Waals surface area contributed by atoms with E-state index < -0.39 is 10.1 Å². The molecule has 3 rings (SSSR count). The van der Waals surface area contributed by atoms with Gasteiger partial charge in [0.1, 0.15) is 10.1 Å². The molecule has 3 aromatic rings. The molecule has 0 amide bonds. The molecule has 0 saturated carbocycles. The normalized spacial score (nSPS) is 11.4. The van der Waals surface area contributed by atoms with Gasteiger partial charge in [0.25, 0.3) is 0 Å². The standard InChI is InChI=1S/C14H10O3S.Fe/c15-18(16,17)14-6-5-12-7-10-3-1-2-4-11(10)8-13(12)9-14;/h1-9H,(H,15,16,17);/q;+3/p-1. The van der Waals surface area contributed by atoms with Crippen molar-refractivity contribution in [2.45, 2.75) is 4.90 Å². The van der Waals surface area contributed by atoms with Crippen LogP contribution in [0.15, 0.2) is 59.5 Å². The van der Waals surface area contributed by atoms with Crippen LogP contribution in [-0.4, -0.2) is 13.0 Å². The molecule has 0 aliphatic carbocycles. The van der Waals surface area contributed by atoms with Crippen LogP contribution in [0.1, 0.15) is 0 Å². The summed E-state index contributed by atoms with van der Waals surface area (Å²) in [5, 5.41) is 3.78. The van der Waals surface area contributed by atoms with Gasteiger partial charge in [-0.2, -0.15) is 0 Å². The Morgan fingerprint density at radius 2 is 1.26 bits per heavy atom. The summed E-state index contributed by atoms with van der Waals surface area (Å²) in [5.74, 6) is 0. The van der Waals surface area contributed by atoms with Crippen LogP contribution in [0.2, 0.25) is 0 Å². The molecule has 0 heterocycles. The number of rotatable bonds is 1. The molecule has 3 nitrogen and oxygen atoms in total. The van der Waals surface area contributed by atoms with Crippen molar-refractivity contribution in [1.29, 1.82) is 0 Å². The summed E-state index contributed by atoms with van der Waals surface area (Å²) in [6, 6.07) is 16.1. The minimum absolute atomic E-state index is 0. The summed E-state index contributed by atoms with van der Waals surface area (Å²) in [4.78, 5) is -0.190. The second-order valence-electron chi connectivity index (χ2n) is 4.16. The van der Waals surface area contributed by atoms with Crippen molar-refractivity contribution in [1.82, 2.24) is 0 Å². The molecule has 1 radical (unpaired) electrons. The quantitative estimate of drug-likeness (QED) is 0.394. The van der Waals surface area contributed by atoms with Crippen LogP contribution in [0, 0.1) is 0 Å². The van der Waals surface area contributed by atoms with Gasteiger partial charge in [0.15, 0.2) is 0 Å². The molecule has 0 aliphatic rings. The van der Waals surface area contributed by atoms with E-state index in [0.29, 0.717) is 0 Å². The Morgan fingerprint density at radius 3 is 1.84 bits per heavy atom. The Morgan fingerprint density at radius 1 is 0.737 bits per heavy atom. The fourth-order valence-electron chi connectivity index (χ4n) is 2.07. The van der Waals surface area contributed by atoms with Gasteiger partial charge in [0.2, 0.25) is 0 Å². The van der Waals surface area contributed by atoms with E-state index in [9.17, 15) is 13.0 Å². The molecular formula is C14H9FeO3S+2. The van der Waals surface area contributed by atoms with E-state index in [0.717, 1.165) is 21.5 Å². The maximum Gasteiger partial charge on any atom is 3.00 e. The van der Waals surface area contributed by atoms with Crippen LogP contribution in [0.25, 0.3) is 21.5 Å². The van der Waals surface area contributed by atoms with E-state index in [1.165, 1.54) is 12.1 Å². The van der Waals surface area contributed by atoms with Crippen LogP contribution in [0.5, 0.6) is 0 Å². The Balaban J connectivity index is 0.00000133. The first-order valence-electron chi connectivity index (χ1n) is 5.42. The SMILES string of the molecule is O=S(=O)([O-])c1ccc2cc3ccccc3cc2c1.[Fe+3]. The zero-order valence-corrected chi connectivity index (χ0v) is 11.6. The van der Waals surface area contributed by atoms with Gasteiger partial charge in [-0.3, -0.25) is 0 Å². The van der Waals surface area contributed by atoms with E-state index in [4.69, 9.17) is 0 Å². The Kier molecular flexibility index (Phi) is 3.65. The largest absolute Gasteiger partial charge is 3.00 e. The molecule has 0 spiro atoms. The second-order valence-corrected chi connectivity index (χ2v) is 5.54. The fraction of sp³-hybridized carbons (Fsp3) is 0. The van der Waals surface area contributed by atoms with Crippen LogP contribution in [-0.2, 0) is 27.2 Å². The van der Waals surface area contributed by atoms with Crippen molar-refractivity contribution in [2.75, 3.05) is 0 Å². The summed E-state index contributed by atoms with van der Waals surface area (Å²) in [6.07, 6.45) is 0. The fourth-order valence-corrected chi connectivity index (χ4v) is 2.58. The molecule has 19 heavy (non-hydrogen) atoms. The topological polar surface area (TPSA) is 57.2 Å². The van der Waals surface area contributed by atoms with Gasteiger partial charge in [0, 0.05) is 0 Å². The third-order valence-electron chi connectivity index (χ3n) is 2.96. The van der Waals surface area contributed by atoms with E-state index in [1.807, 2.05) is 36.4 Å². The van der Waals surface area contributed by atoms with Crippen molar-refractivity contribution in [3.63, 3.8) is 0 Å². The van der Waals surface area contributed by atoms with Gasteiger partial charge in [-0.1, -0.05) is 30.3 Å². The molecule has 0 unspecified atom stereocenters. The van der Waals surface area contributed by atoms with Gasteiger partial charge in [0.05, 0.1) is 4.90 Å². The summed E-state index contributed by atoms with van der Waals surface area (Å²) in [6.45, 7) is 0. The molecule has 0 aliphatic heterocycles. The molecule has 0 fully saturated rings. The summed E-state index contributed by atoms with van der Waals surface area (Å²) < 4.78 is 33.0. The average molecular weight is 313 g/mol. The third-order valence-corrected chi connectivity index (χ3v) is 3.80. The molecule has 95 valence electrons. The monoisotopic (exact) mass is 313 g/mol. The van der Waals surface area contributed by atoms with Crippen LogP contribution >= 0.6 is 0 Å². The predicted octanol–water partition coefficient (Wildman–Crippen LogP) is 2.89. The van der Waals surface area contributed by atoms with Gasteiger partial charge in [-0.05, 0) is 45.8 Å². The van der Waals surface area contributed by atoms with E-state index in [-0.39, 0.29) is 22.0 Å². The summed E-state index contributed by atoms with van der Waals surface area (Å²) in [7, 11) is -4.40. The van der Waals surface area contributed by atoms with Crippen LogP contribution < -0.4 is 0 Å². The van der Waals surface area contributed by atoms with Crippen molar-refractivity contribution in [3.8, 4) is 0 Å². The first-order valence-corrected chi connectivity index (χ1v) is 6.83.